The smallest absolute Gasteiger partial charge is 0.433 e. The van der Waals surface area contributed by atoms with Crippen LogP contribution in [0.25, 0.3) is 0 Å². The first kappa shape index (κ1) is 16.0. The molecular weight excluding hydrogens is 287 g/mol. The molecule has 1 aliphatic heterocycles. The number of hydrogen-bond acceptors (Lipinski definition) is 5. The largest absolute Gasteiger partial charge is 0.460 e. The van der Waals surface area contributed by atoms with Gasteiger partial charge in [-0.15, -0.1) is 0 Å². The lowest BCUT2D eigenvalue weighted by molar-refractivity contribution is -0.141. The number of aromatic nitrogens is 2. The van der Waals surface area contributed by atoms with Crippen LogP contribution in [0, 0.1) is 0 Å². The minimum absolute atomic E-state index is 0.146. The van der Waals surface area contributed by atoms with E-state index in [0.29, 0.717) is 6.61 Å². The fourth-order valence-corrected chi connectivity index (χ4v) is 2.18. The quantitative estimate of drug-likeness (QED) is 0.832. The van der Waals surface area contributed by atoms with Gasteiger partial charge in [0, 0.05) is 32.9 Å². The van der Waals surface area contributed by atoms with Crippen LogP contribution in [0.1, 0.15) is 18.5 Å². The summed E-state index contributed by atoms with van der Waals surface area (Å²) in [5.74, 6) is 0. The molecule has 0 N–H and O–H groups in total. The van der Waals surface area contributed by atoms with Crippen LogP contribution in [0.4, 0.5) is 13.2 Å². The zero-order chi connectivity index (χ0) is 15.3. The van der Waals surface area contributed by atoms with E-state index in [0.717, 1.165) is 44.7 Å². The van der Waals surface area contributed by atoms with Gasteiger partial charge in [-0.25, -0.2) is 4.98 Å². The summed E-state index contributed by atoms with van der Waals surface area (Å²) in [5, 5.41) is 0. The maximum atomic E-state index is 12.6. The van der Waals surface area contributed by atoms with Crippen LogP contribution in [0.2, 0.25) is 0 Å². The van der Waals surface area contributed by atoms with E-state index in [9.17, 15) is 13.2 Å². The molecule has 0 unspecified atom stereocenters. The zero-order valence-electron chi connectivity index (χ0n) is 11.8. The summed E-state index contributed by atoms with van der Waals surface area (Å²) < 4.78 is 48.1. The molecular formula is C13H18F3N3O2. The van der Waals surface area contributed by atoms with Gasteiger partial charge in [-0.2, -0.15) is 18.2 Å². The lowest BCUT2D eigenvalue weighted by atomic mass is 10.1. The average molecular weight is 305 g/mol. The Balaban J connectivity index is 1.86. The van der Waals surface area contributed by atoms with Crippen molar-refractivity contribution in [1.29, 1.82) is 0 Å². The third-order valence-electron chi connectivity index (χ3n) is 3.34. The van der Waals surface area contributed by atoms with Gasteiger partial charge >= 0.3 is 12.2 Å². The Kier molecular flexibility index (Phi) is 5.35. The van der Waals surface area contributed by atoms with Crippen molar-refractivity contribution in [2.24, 2.45) is 0 Å². The van der Waals surface area contributed by atoms with Gasteiger partial charge in [-0.3, -0.25) is 0 Å². The summed E-state index contributed by atoms with van der Waals surface area (Å²) in [6.45, 7) is 3.17. The van der Waals surface area contributed by atoms with Crippen LogP contribution in [-0.4, -0.2) is 54.3 Å². The summed E-state index contributed by atoms with van der Waals surface area (Å²) >= 11 is 0. The summed E-state index contributed by atoms with van der Waals surface area (Å²) in [4.78, 5) is 9.40. The molecule has 21 heavy (non-hydrogen) atoms. The van der Waals surface area contributed by atoms with Crippen molar-refractivity contribution >= 4 is 0 Å². The number of piperidine rings is 1. The highest BCUT2D eigenvalue weighted by molar-refractivity contribution is 5.09. The van der Waals surface area contributed by atoms with Crippen molar-refractivity contribution in [3.8, 4) is 6.01 Å². The van der Waals surface area contributed by atoms with Crippen LogP contribution < -0.4 is 4.74 Å². The van der Waals surface area contributed by atoms with Crippen molar-refractivity contribution in [2.45, 2.75) is 25.1 Å². The Labute approximate surface area is 121 Å². The molecule has 0 aliphatic carbocycles. The van der Waals surface area contributed by atoms with E-state index < -0.39 is 11.9 Å². The summed E-state index contributed by atoms with van der Waals surface area (Å²) in [5.41, 5.74) is -0.981. The number of alkyl halides is 3. The van der Waals surface area contributed by atoms with Crippen molar-refractivity contribution in [3.63, 3.8) is 0 Å². The van der Waals surface area contributed by atoms with Gasteiger partial charge in [-0.05, 0) is 18.9 Å². The van der Waals surface area contributed by atoms with Gasteiger partial charge in [0.05, 0.1) is 6.61 Å². The van der Waals surface area contributed by atoms with Crippen molar-refractivity contribution < 1.29 is 22.6 Å². The van der Waals surface area contributed by atoms with E-state index in [1.54, 1.807) is 7.11 Å². The van der Waals surface area contributed by atoms with E-state index in [4.69, 9.17) is 9.47 Å². The second-order valence-electron chi connectivity index (χ2n) is 4.87. The first-order chi connectivity index (χ1) is 9.99. The molecule has 0 aromatic carbocycles. The predicted octanol–water partition coefficient (Wildman–Crippen LogP) is 1.98. The molecule has 2 rings (SSSR count). The Morgan fingerprint density at radius 3 is 2.67 bits per heavy atom. The SMILES string of the molecule is COCCN1CCC(Oc2nccc(C(F)(F)F)n2)CC1. The lowest BCUT2D eigenvalue weighted by Crippen LogP contribution is -2.40. The van der Waals surface area contributed by atoms with Crippen LogP contribution in [-0.2, 0) is 10.9 Å². The third-order valence-corrected chi connectivity index (χ3v) is 3.34. The van der Waals surface area contributed by atoms with Gasteiger partial charge in [0.1, 0.15) is 6.10 Å². The number of nitrogens with zero attached hydrogens (tertiary/aromatic N) is 3. The molecule has 0 amide bonds. The molecule has 1 aromatic rings. The van der Waals surface area contributed by atoms with E-state index in [1.165, 1.54) is 0 Å². The number of methoxy groups -OCH3 is 1. The molecule has 0 atom stereocenters. The van der Waals surface area contributed by atoms with Crippen LogP contribution >= 0.6 is 0 Å². The molecule has 0 bridgehead atoms. The Hall–Kier alpha value is -1.41. The number of ether oxygens (including phenoxy) is 2. The van der Waals surface area contributed by atoms with E-state index in [-0.39, 0.29) is 12.1 Å². The van der Waals surface area contributed by atoms with Gasteiger partial charge < -0.3 is 14.4 Å². The molecule has 1 saturated heterocycles. The summed E-state index contributed by atoms with van der Waals surface area (Å²) in [6, 6.07) is 0.625. The molecule has 118 valence electrons. The molecule has 2 heterocycles. The number of hydrogen-bond donors (Lipinski definition) is 0. The summed E-state index contributed by atoms with van der Waals surface area (Å²) in [6.07, 6.45) is -2.08. The Morgan fingerprint density at radius 2 is 2.05 bits per heavy atom. The monoisotopic (exact) mass is 305 g/mol. The van der Waals surface area contributed by atoms with Crippen LogP contribution in [0.15, 0.2) is 12.3 Å². The second-order valence-corrected chi connectivity index (χ2v) is 4.87. The highest BCUT2D eigenvalue weighted by Gasteiger charge is 2.33. The predicted molar refractivity (Wildman–Crippen MR) is 69.0 cm³/mol. The third kappa shape index (κ3) is 4.82. The topological polar surface area (TPSA) is 47.5 Å². The molecule has 8 heteroatoms. The van der Waals surface area contributed by atoms with E-state index in [2.05, 4.69) is 14.9 Å². The normalized spacial score (nSPS) is 17.9. The maximum absolute atomic E-state index is 12.6. The first-order valence-electron chi connectivity index (χ1n) is 6.77. The fraction of sp³-hybridized carbons (Fsp3) is 0.692. The van der Waals surface area contributed by atoms with Gasteiger partial charge in [0.15, 0.2) is 5.69 Å². The standard InChI is InChI=1S/C13H18F3N3O2/c1-20-9-8-19-6-3-10(4-7-19)21-12-17-5-2-11(18-12)13(14,15)16/h2,5,10H,3-4,6-9H2,1H3. The molecule has 0 saturated carbocycles. The molecule has 1 aromatic heterocycles. The minimum atomic E-state index is -4.48. The first-order valence-corrected chi connectivity index (χ1v) is 6.77. The van der Waals surface area contributed by atoms with E-state index >= 15 is 0 Å². The molecule has 1 aliphatic rings. The second kappa shape index (κ2) is 7.04. The molecule has 5 nitrogen and oxygen atoms in total. The average Bonchev–Trinajstić information content (AvgIpc) is 2.46. The molecule has 1 fully saturated rings. The van der Waals surface area contributed by atoms with Crippen molar-refractivity contribution in [2.75, 3.05) is 33.4 Å². The number of likely N-dealkylation sites (tertiary alicyclic amines) is 1. The minimum Gasteiger partial charge on any atom is -0.460 e. The van der Waals surface area contributed by atoms with E-state index in [1.807, 2.05) is 0 Å². The molecule has 0 spiro atoms. The Bertz CT molecular complexity index is 449. The van der Waals surface area contributed by atoms with Gasteiger partial charge in [-0.1, -0.05) is 0 Å². The van der Waals surface area contributed by atoms with Crippen molar-refractivity contribution in [3.05, 3.63) is 18.0 Å². The van der Waals surface area contributed by atoms with Gasteiger partial charge in [0.25, 0.3) is 0 Å². The van der Waals surface area contributed by atoms with Crippen molar-refractivity contribution in [1.82, 2.24) is 14.9 Å². The molecule has 0 radical (unpaired) electrons. The summed E-state index contributed by atoms with van der Waals surface area (Å²) in [7, 11) is 1.65. The number of rotatable bonds is 5. The highest BCUT2D eigenvalue weighted by atomic mass is 19.4. The maximum Gasteiger partial charge on any atom is 0.433 e. The fourth-order valence-electron chi connectivity index (χ4n) is 2.18. The lowest BCUT2D eigenvalue weighted by Gasteiger charge is -2.31. The number of halogens is 3. The zero-order valence-corrected chi connectivity index (χ0v) is 11.8. The van der Waals surface area contributed by atoms with Gasteiger partial charge in [0.2, 0.25) is 0 Å². The van der Waals surface area contributed by atoms with Crippen LogP contribution in [0.5, 0.6) is 6.01 Å². The van der Waals surface area contributed by atoms with Crippen LogP contribution in [0.3, 0.4) is 0 Å². The Morgan fingerprint density at radius 1 is 1.33 bits per heavy atom. The highest BCUT2D eigenvalue weighted by Crippen LogP contribution is 2.28.